The number of fused-ring (bicyclic) bond motifs is 1. The number of hydrogen-bond donors (Lipinski definition) is 1. The lowest BCUT2D eigenvalue weighted by Gasteiger charge is -2.27. The van der Waals surface area contributed by atoms with Crippen molar-refractivity contribution in [2.45, 2.75) is 43.7 Å². The average molecular weight is 415 g/mol. The number of para-hydroxylation sites is 1. The first kappa shape index (κ1) is 19.3. The molecule has 4 rings (SSSR count). The molecular formula is C22H23ClN2O2S. The summed E-state index contributed by atoms with van der Waals surface area (Å²) >= 11 is 7.80. The Morgan fingerprint density at radius 2 is 2.07 bits per heavy atom. The molecule has 146 valence electrons. The molecule has 1 aliphatic carbocycles. The zero-order chi connectivity index (χ0) is 19.7. The van der Waals surface area contributed by atoms with E-state index >= 15 is 0 Å². The number of thioether (sulfide) groups is 1. The Bertz CT molecular complexity index is 913. The lowest BCUT2D eigenvalue weighted by molar-refractivity contribution is -0.117. The first-order chi connectivity index (χ1) is 13.6. The van der Waals surface area contributed by atoms with Gasteiger partial charge in [-0.3, -0.25) is 9.59 Å². The molecule has 1 heterocycles. The number of carbonyl (C=O) groups excluding carboxylic acids is 2. The van der Waals surface area contributed by atoms with Crippen molar-refractivity contribution < 1.29 is 9.59 Å². The van der Waals surface area contributed by atoms with Crippen molar-refractivity contribution in [2.75, 3.05) is 11.1 Å². The lowest BCUT2D eigenvalue weighted by atomic mass is 10.1. The van der Waals surface area contributed by atoms with Gasteiger partial charge in [-0.05, 0) is 60.4 Å². The Hall–Kier alpha value is -1.98. The molecule has 2 aliphatic rings. The third kappa shape index (κ3) is 4.06. The lowest BCUT2D eigenvalue weighted by Crippen LogP contribution is -2.39. The van der Waals surface area contributed by atoms with Gasteiger partial charge in [-0.2, -0.15) is 0 Å². The molecule has 28 heavy (non-hydrogen) atoms. The standard InChI is InChI=1S/C22H23ClN2O2S/c1-2-28-20-6-4-3-5-18(20)24-21(26)12-19(14-7-8-14)25-13-15-11-16(23)9-10-17(15)22(25)27/h3-6,9-11,14,19H,2,7-8,12-13H2,1H3,(H,24,26). The number of rotatable bonds is 7. The zero-order valence-electron chi connectivity index (χ0n) is 15.8. The van der Waals surface area contributed by atoms with Gasteiger partial charge in [0.1, 0.15) is 0 Å². The van der Waals surface area contributed by atoms with Crippen LogP contribution in [-0.4, -0.2) is 28.5 Å². The molecule has 2 aromatic carbocycles. The number of nitrogens with one attached hydrogen (secondary N) is 1. The Morgan fingerprint density at radius 1 is 1.29 bits per heavy atom. The summed E-state index contributed by atoms with van der Waals surface area (Å²) in [5, 5.41) is 3.70. The summed E-state index contributed by atoms with van der Waals surface area (Å²) in [5.74, 6) is 1.32. The van der Waals surface area contributed by atoms with E-state index in [9.17, 15) is 9.59 Å². The summed E-state index contributed by atoms with van der Waals surface area (Å²) in [5.41, 5.74) is 2.50. The Morgan fingerprint density at radius 3 is 2.82 bits per heavy atom. The normalized spacial score (nSPS) is 16.8. The molecule has 1 fully saturated rings. The number of benzene rings is 2. The predicted octanol–water partition coefficient (Wildman–Crippen LogP) is 5.22. The minimum Gasteiger partial charge on any atom is -0.331 e. The maximum atomic E-state index is 12.9. The van der Waals surface area contributed by atoms with E-state index < -0.39 is 0 Å². The molecule has 0 bridgehead atoms. The van der Waals surface area contributed by atoms with Gasteiger partial charge in [0, 0.05) is 34.5 Å². The highest BCUT2D eigenvalue weighted by atomic mass is 35.5. The van der Waals surface area contributed by atoms with E-state index in [2.05, 4.69) is 12.2 Å². The van der Waals surface area contributed by atoms with Gasteiger partial charge in [-0.1, -0.05) is 30.7 Å². The van der Waals surface area contributed by atoms with Crippen molar-refractivity contribution in [1.82, 2.24) is 4.90 Å². The van der Waals surface area contributed by atoms with Crippen LogP contribution in [0.4, 0.5) is 5.69 Å². The molecule has 0 radical (unpaired) electrons. The molecule has 2 amide bonds. The molecule has 1 N–H and O–H groups in total. The van der Waals surface area contributed by atoms with E-state index in [1.165, 1.54) is 0 Å². The SMILES string of the molecule is CCSc1ccccc1NC(=O)CC(C1CC1)N1Cc2cc(Cl)ccc2C1=O. The maximum Gasteiger partial charge on any atom is 0.254 e. The van der Waals surface area contributed by atoms with E-state index in [0.717, 1.165) is 34.7 Å². The number of halogens is 1. The molecule has 1 atom stereocenters. The fourth-order valence-electron chi connectivity index (χ4n) is 3.83. The third-order valence-electron chi connectivity index (χ3n) is 5.32. The van der Waals surface area contributed by atoms with E-state index in [1.54, 1.807) is 23.9 Å². The smallest absolute Gasteiger partial charge is 0.254 e. The second-order valence-corrected chi connectivity index (χ2v) is 9.06. The van der Waals surface area contributed by atoms with E-state index in [0.29, 0.717) is 29.5 Å². The molecule has 1 aliphatic heterocycles. The van der Waals surface area contributed by atoms with Crippen molar-refractivity contribution in [1.29, 1.82) is 0 Å². The number of amides is 2. The van der Waals surface area contributed by atoms with E-state index in [4.69, 9.17) is 11.6 Å². The Balaban J connectivity index is 1.48. The highest BCUT2D eigenvalue weighted by Crippen LogP contribution is 2.40. The molecule has 0 aromatic heterocycles. The van der Waals surface area contributed by atoms with Gasteiger partial charge < -0.3 is 10.2 Å². The van der Waals surface area contributed by atoms with E-state index in [1.807, 2.05) is 35.2 Å². The summed E-state index contributed by atoms with van der Waals surface area (Å²) in [7, 11) is 0. The van der Waals surface area contributed by atoms with Crippen LogP contribution in [0.3, 0.4) is 0 Å². The van der Waals surface area contributed by atoms with Crippen LogP contribution in [0.1, 0.15) is 42.1 Å². The summed E-state index contributed by atoms with van der Waals surface area (Å²) in [6, 6.07) is 13.2. The number of anilines is 1. The summed E-state index contributed by atoms with van der Waals surface area (Å²) < 4.78 is 0. The van der Waals surface area contributed by atoms with Crippen LogP contribution < -0.4 is 5.32 Å². The molecule has 2 aromatic rings. The Kier molecular flexibility index (Phi) is 5.65. The fraction of sp³-hybridized carbons (Fsp3) is 0.364. The van der Waals surface area contributed by atoms with Crippen molar-refractivity contribution in [3.63, 3.8) is 0 Å². The van der Waals surface area contributed by atoms with Crippen LogP contribution >= 0.6 is 23.4 Å². The second kappa shape index (κ2) is 8.18. The van der Waals surface area contributed by atoms with Crippen molar-refractivity contribution in [3.05, 3.63) is 58.6 Å². The van der Waals surface area contributed by atoms with Gasteiger partial charge in [0.05, 0.1) is 5.69 Å². The average Bonchev–Trinajstić information content (AvgIpc) is 3.46. The van der Waals surface area contributed by atoms with Gasteiger partial charge >= 0.3 is 0 Å². The van der Waals surface area contributed by atoms with Gasteiger partial charge in [-0.15, -0.1) is 11.8 Å². The minimum atomic E-state index is -0.0651. The van der Waals surface area contributed by atoms with Gasteiger partial charge in [0.25, 0.3) is 5.91 Å². The summed E-state index contributed by atoms with van der Waals surface area (Å²) in [4.78, 5) is 28.7. The van der Waals surface area contributed by atoms with E-state index in [-0.39, 0.29) is 17.9 Å². The second-order valence-electron chi connectivity index (χ2n) is 7.32. The van der Waals surface area contributed by atoms with Crippen LogP contribution in [-0.2, 0) is 11.3 Å². The molecule has 4 nitrogen and oxygen atoms in total. The minimum absolute atomic E-state index is 0.0123. The van der Waals surface area contributed by atoms with Crippen molar-refractivity contribution >= 4 is 40.9 Å². The largest absolute Gasteiger partial charge is 0.331 e. The third-order valence-corrected chi connectivity index (χ3v) is 6.51. The molecule has 6 heteroatoms. The summed E-state index contributed by atoms with van der Waals surface area (Å²) in [6.45, 7) is 2.63. The number of nitrogens with zero attached hydrogens (tertiary/aromatic N) is 1. The summed E-state index contributed by atoms with van der Waals surface area (Å²) in [6.07, 6.45) is 2.46. The first-order valence-electron chi connectivity index (χ1n) is 9.68. The fourth-order valence-corrected chi connectivity index (χ4v) is 4.79. The van der Waals surface area contributed by atoms with Crippen LogP contribution in [0.25, 0.3) is 0 Å². The topological polar surface area (TPSA) is 49.4 Å². The highest BCUT2D eigenvalue weighted by Gasteiger charge is 2.42. The molecule has 0 spiro atoms. The van der Waals surface area contributed by atoms with Crippen molar-refractivity contribution in [3.8, 4) is 0 Å². The van der Waals surface area contributed by atoms with Gasteiger partial charge in [0.2, 0.25) is 5.91 Å². The van der Waals surface area contributed by atoms with Crippen LogP contribution in [0.2, 0.25) is 5.02 Å². The predicted molar refractivity (Wildman–Crippen MR) is 114 cm³/mol. The Labute approximate surface area is 174 Å². The molecule has 0 saturated heterocycles. The number of hydrogen-bond acceptors (Lipinski definition) is 3. The van der Waals surface area contributed by atoms with Crippen molar-refractivity contribution in [2.24, 2.45) is 5.92 Å². The van der Waals surface area contributed by atoms with Gasteiger partial charge in [0.15, 0.2) is 0 Å². The maximum absolute atomic E-state index is 12.9. The highest BCUT2D eigenvalue weighted by molar-refractivity contribution is 7.99. The van der Waals surface area contributed by atoms with Crippen LogP contribution in [0, 0.1) is 5.92 Å². The molecular weight excluding hydrogens is 392 g/mol. The molecule has 1 saturated carbocycles. The first-order valence-corrected chi connectivity index (χ1v) is 11.0. The number of carbonyl (C=O) groups is 2. The monoisotopic (exact) mass is 414 g/mol. The van der Waals surface area contributed by atoms with Crippen LogP contribution in [0.5, 0.6) is 0 Å². The van der Waals surface area contributed by atoms with Crippen LogP contribution in [0.15, 0.2) is 47.4 Å². The zero-order valence-corrected chi connectivity index (χ0v) is 17.4. The van der Waals surface area contributed by atoms with Gasteiger partial charge in [-0.25, -0.2) is 0 Å². The molecule has 1 unspecified atom stereocenters. The quantitative estimate of drug-likeness (QED) is 0.632.